The smallest absolute Gasteiger partial charge is 0.306 e. The van der Waals surface area contributed by atoms with Crippen molar-refractivity contribution < 1.29 is 24.2 Å². The monoisotopic (exact) mass is 933 g/mol. The summed E-state index contributed by atoms with van der Waals surface area (Å²) in [5.74, 6) is -0.581. The molecule has 0 aromatic carbocycles. The Morgan fingerprint density at radius 2 is 0.642 bits per heavy atom. The Hall–Kier alpha value is -2.92. The molecule has 0 fully saturated rings. The van der Waals surface area contributed by atoms with Crippen molar-refractivity contribution in [2.45, 2.75) is 283 Å². The molecule has 0 aromatic rings. The fourth-order valence-corrected chi connectivity index (χ4v) is 8.18. The predicted molar refractivity (Wildman–Crippen MR) is 293 cm³/mol. The van der Waals surface area contributed by atoms with Gasteiger partial charge in [-0.05, 0) is 70.6 Å². The summed E-state index contributed by atoms with van der Waals surface area (Å²) < 4.78 is 10.7. The minimum Gasteiger partial charge on any atom is -0.462 e. The number of aliphatic hydroxyl groups is 1. The number of hydrogen-bond acceptors (Lipinski definition) is 5. The van der Waals surface area contributed by atoms with Crippen LogP contribution < -0.4 is 0 Å². The lowest BCUT2D eigenvalue weighted by atomic mass is 10.0. The van der Waals surface area contributed by atoms with Crippen LogP contribution in [0.15, 0.2) is 85.1 Å². The first-order chi connectivity index (χ1) is 33.1. The number of aliphatic hydroxyl groups excluding tert-OH is 1. The van der Waals surface area contributed by atoms with Gasteiger partial charge in [0.1, 0.15) is 6.61 Å². The number of carbonyl (C=O) groups is 2. The van der Waals surface area contributed by atoms with Gasteiger partial charge in [0, 0.05) is 12.8 Å². The highest BCUT2D eigenvalue weighted by Gasteiger charge is 2.16. The van der Waals surface area contributed by atoms with Crippen molar-refractivity contribution in [1.82, 2.24) is 0 Å². The van der Waals surface area contributed by atoms with Crippen molar-refractivity contribution in [3.05, 3.63) is 85.1 Å². The standard InChI is InChI=1S/C62H108O5/c1-3-5-7-9-11-13-15-17-19-21-22-23-24-25-26-27-28-29-30-31-32-33-34-35-36-37-38-39-40-41-43-45-47-49-51-53-55-57-62(65)67-60(58-63)59-66-61(64)56-54-52-50-48-46-44-42-20-18-16-14-12-10-8-6-4-2/h5,7,11,13,17,19,22-23,25-26,28-29,31-32,60,63H,3-4,6,8-10,12,14-16,18,20-21,24,27,30,33-59H2,1-2H3/b7-5-,13-11-,19-17-,23-22-,26-25-,29-28-,32-31-. The largest absolute Gasteiger partial charge is 0.462 e. The number of carbonyl (C=O) groups excluding carboxylic acids is 2. The third-order valence-electron chi connectivity index (χ3n) is 12.5. The van der Waals surface area contributed by atoms with Crippen molar-refractivity contribution in [3.8, 4) is 0 Å². The van der Waals surface area contributed by atoms with Gasteiger partial charge in [-0.3, -0.25) is 9.59 Å². The van der Waals surface area contributed by atoms with Gasteiger partial charge in [-0.1, -0.05) is 279 Å². The molecule has 0 spiro atoms. The average molecular weight is 934 g/mol. The predicted octanol–water partition coefficient (Wildman–Crippen LogP) is 19.4. The second-order valence-corrected chi connectivity index (χ2v) is 19.0. The lowest BCUT2D eigenvalue weighted by molar-refractivity contribution is -0.161. The molecule has 0 rings (SSSR count). The van der Waals surface area contributed by atoms with Crippen molar-refractivity contribution in [2.24, 2.45) is 0 Å². The molecule has 1 unspecified atom stereocenters. The van der Waals surface area contributed by atoms with E-state index in [0.29, 0.717) is 12.8 Å². The van der Waals surface area contributed by atoms with E-state index in [1.165, 1.54) is 167 Å². The maximum Gasteiger partial charge on any atom is 0.306 e. The Bertz CT molecular complexity index is 1240. The third kappa shape index (κ3) is 55.6. The highest BCUT2D eigenvalue weighted by Crippen LogP contribution is 2.16. The Morgan fingerprint density at radius 1 is 0.358 bits per heavy atom. The second-order valence-electron chi connectivity index (χ2n) is 19.0. The summed E-state index contributed by atoms with van der Waals surface area (Å²) in [6.45, 7) is 4.05. The Morgan fingerprint density at radius 3 is 0.970 bits per heavy atom. The lowest BCUT2D eigenvalue weighted by Crippen LogP contribution is -2.28. The topological polar surface area (TPSA) is 72.8 Å². The van der Waals surface area contributed by atoms with Gasteiger partial charge in [-0.2, -0.15) is 0 Å². The molecule has 1 N–H and O–H groups in total. The zero-order chi connectivity index (χ0) is 48.5. The highest BCUT2D eigenvalue weighted by molar-refractivity contribution is 5.70. The molecule has 1 atom stereocenters. The quantitative estimate of drug-likeness (QED) is 0.0374. The van der Waals surface area contributed by atoms with Crippen LogP contribution >= 0.6 is 0 Å². The van der Waals surface area contributed by atoms with E-state index in [1.807, 2.05) is 0 Å². The lowest BCUT2D eigenvalue weighted by Gasteiger charge is -2.15. The molecule has 0 aromatic heterocycles. The van der Waals surface area contributed by atoms with E-state index in [4.69, 9.17) is 9.47 Å². The van der Waals surface area contributed by atoms with Crippen LogP contribution in [0, 0.1) is 0 Å². The highest BCUT2D eigenvalue weighted by atomic mass is 16.6. The molecular weight excluding hydrogens is 825 g/mol. The van der Waals surface area contributed by atoms with Crippen LogP contribution in [0.3, 0.4) is 0 Å². The summed E-state index contributed by atoms with van der Waals surface area (Å²) in [6, 6.07) is 0. The molecule has 0 saturated heterocycles. The summed E-state index contributed by atoms with van der Waals surface area (Å²) in [5.41, 5.74) is 0. The van der Waals surface area contributed by atoms with Gasteiger partial charge < -0.3 is 14.6 Å². The first kappa shape index (κ1) is 64.1. The van der Waals surface area contributed by atoms with Gasteiger partial charge in [0.2, 0.25) is 0 Å². The molecule has 67 heavy (non-hydrogen) atoms. The molecule has 5 heteroatoms. The molecule has 5 nitrogen and oxygen atoms in total. The van der Waals surface area contributed by atoms with Gasteiger partial charge in [0.05, 0.1) is 6.61 Å². The number of esters is 2. The van der Waals surface area contributed by atoms with Crippen LogP contribution in [0.25, 0.3) is 0 Å². The molecule has 0 amide bonds. The Balaban J connectivity index is 3.48. The SMILES string of the molecule is CC/C=C\C/C=C\C/C=C\C/C=C\C/C=C\C/C=C\C/C=C\CCCCCCCCCCCCCCCCCC(=O)OC(CO)COC(=O)CCCCCCCCCCCCCCCCCC. The van der Waals surface area contributed by atoms with E-state index in [1.54, 1.807) is 0 Å². The minimum atomic E-state index is -0.772. The first-order valence-corrected chi connectivity index (χ1v) is 28.6. The number of ether oxygens (including phenoxy) is 2. The van der Waals surface area contributed by atoms with Gasteiger partial charge in [-0.25, -0.2) is 0 Å². The summed E-state index contributed by atoms with van der Waals surface area (Å²) in [5, 5.41) is 9.64. The summed E-state index contributed by atoms with van der Waals surface area (Å²) >= 11 is 0. The molecule has 0 saturated carbocycles. The molecule has 0 radical (unpaired) electrons. The van der Waals surface area contributed by atoms with Crippen LogP contribution in [0.1, 0.15) is 277 Å². The molecular formula is C62H108O5. The summed E-state index contributed by atoms with van der Waals surface area (Å²) in [7, 11) is 0. The number of hydrogen-bond donors (Lipinski definition) is 1. The maximum atomic E-state index is 12.3. The van der Waals surface area contributed by atoms with Gasteiger partial charge in [0.25, 0.3) is 0 Å². The Labute approximate surface area is 416 Å². The molecule has 0 aliphatic carbocycles. The second kappa shape index (κ2) is 57.4. The van der Waals surface area contributed by atoms with Crippen LogP contribution in [0.4, 0.5) is 0 Å². The minimum absolute atomic E-state index is 0.0638. The van der Waals surface area contributed by atoms with Crippen molar-refractivity contribution in [1.29, 1.82) is 0 Å². The van der Waals surface area contributed by atoms with E-state index in [-0.39, 0.29) is 25.2 Å². The van der Waals surface area contributed by atoms with E-state index < -0.39 is 6.10 Å². The zero-order valence-electron chi connectivity index (χ0n) is 44.1. The van der Waals surface area contributed by atoms with Crippen molar-refractivity contribution >= 4 is 11.9 Å². The number of unbranched alkanes of at least 4 members (excludes halogenated alkanes) is 30. The number of rotatable bonds is 52. The number of allylic oxidation sites excluding steroid dienone is 14. The zero-order valence-corrected chi connectivity index (χ0v) is 44.1. The van der Waals surface area contributed by atoms with Gasteiger partial charge >= 0.3 is 11.9 Å². The van der Waals surface area contributed by atoms with Gasteiger partial charge in [-0.15, -0.1) is 0 Å². The van der Waals surface area contributed by atoms with Crippen molar-refractivity contribution in [3.63, 3.8) is 0 Å². The molecule has 0 heterocycles. The van der Waals surface area contributed by atoms with E-state index in [9.17, 15) is 14.7 Å². The first-order valence-electron chi connectivity index (χ1n) is 28.6. The van der Waals surface area contributed by atoms with Crippen LogP contribution in [0.5, 0.6) is 0 Å². The van der Waals surface area contributed by atoms with E-state index in [2.05, 4.69) is 98.9 Å². The third-order valence-corrected chi connectivity index (χ3v) is 12.5. The van der Waals surface area contributed by atoms with Crippen LogP contribution in [-0.4, -0.2) is 36.4 Å². The van der Waals surface area contributed by atoms with Gasteiger partial charge in [0.15, 0.2) is 6.10 Å². The van der Waals surface area contributed by atoms with Crippen molar-refractivity contribution in [2.75, 3.05) is 13.2 Å². The summed E-state index contributed by atoms with van der Waals surface area (Å²) in [6.07, 6.45) is 79.9. The average Bonchev–Trinajstić information content (AvgIpc) is 3.33. The van der Waals surface area contributed by atoms with Crippen LogP contribution in [-0.2, 0) is 19.1 Å². The van der Waals surface area contributed by atoms with E-state index in [0.717, 1.165) is 83.5 Å². The molecule has 0 aliphatic rings. The Kier molecular flexibility index (Phi) is 54.9. The van der Waals surface area contributed by atoms with E-state index >= 15 is 0 Å². The fourth-order valence-electron chi connectivity index (χ4n) is 8.18. The normalized spacial score (nSPS) is 12.8. The summed E-state index contributed by atoms with van der Waals surface area (Å²) in [4.78, 5) is 24.5. The maximum absolute atomic E-state index is 12.3. The molecule has 0 bridgehead atoms. The fraction of sp³-hybridized carbons (Fsp3) is 0.742. The van der Waals surface area contributed by atoms with Crippen LogP contribution in [0.2, 0.25) is 0 Å². The molecule has 386 valence electrons. The molecule has 0 aliphatic heterocycles.